The Morgan fingerprint density at radius 3 is 1.96 bits per heavy atom. The summed E-state index contributed by atoms with van der Waals surface area (Å²) in [7, 11) is 3.87. The topological polar surface area (TPSA) is 125 Å². The van der Waals surface area contributed by atoms with Gasteiger partial charge in [0, 0.05) is 52.6 Å². The number of nitrogens with zero attached hydrogens (tertiary/aromatic N) is 1. The average molecular weight is 757 g/mol. The third kappa shape index (κ3) is 8.20. The Balaban J connectivity index is 1.14. The van der Waals surface area contributed by atoms with Gasteiger partial charge in [0.05, 0.1) is 11.3 Å². The van der Waals surface area contributed by atoms with E-state index in [9.17, 15) is 24.0 Å². The second-order valence-corrected chi connectivity index (χ2v) is 14.4. The molecule has 10 heteroatoms. The van der Waals surface area contributed by atoms with Gasteiger partial charge in [-0.05, 0) is 65.7 Å². The quantitative estimate of drug-likeness (QED) is 0.0895. The highest BCUT2D eigenvalue weighted by molar-refractivity contribution is 8.00. The zero-order valence-electron chi connectivity index (χ0n) is 30.5. The largest absolute Gasteiger partial charge is 0.378 e. The Hall–Kier alpha value is -7.04. The number of thioether (sulfide) groups is 1. The van der Waals surface area contributed by atoms with Crippen LogP contribution in [0.15, 0.2) is 162 Å². The van der Waals surface area contributed by atoms with E-state index in [1.807, 2.05) is 79.7 Å². The van der Waals surface area contributed by atoms with E-state index in [0.717, 1.165) is 5.69 Å². The van der Waals surface area contributed by atoms with Gasteiger partial charge in [0.1, 0.15) is 10.9 Å². The number of benzene rings is 6. The van der Waals surface area contributed by atoms with Crippen molar-refractivity contribution in [2.45, 2.75) is 10.1 Å². The van der Waals surface area contributed by atoms with E-state index in [-0.39, 0.29) is 34.1 Å². The van der Waals surface area contributed by atoms with E-state index in [2.05, 4.69) is 16.0 Å². The molecule has 0 bridgehead atoms. The molecule has 1 unspecified atom stereocenters. The Morgan fingerprint density at radius 1 is 0.643 bits per heavy atom. The number of rotatable bonds is 11. The van der Waals surface area contributed by atoms with Crippen LogP contribution in [0.5, 0.6) is 0 Å². The lowest BCUT2D eigenvalue weighted by atomic mass is 9.83. The lowest BCUT2D eigenvalue weighted by molar-refractivity contribution is -0.116. The number of anilines is 3. The van der Waals surface area contributed by atoms with Crippen LogP contribution in [0.3, 0.4) is 0 Å². The van der Waals surface area contributed by atoms with Crippen molar-refractivity contribution in [3.8, 4) is 0 Å². The van der Waals surface area contributed by atoms with Crippen molar-refractivity contribution in [3.05, 3.63) is 196 Å². The minimum absolute atomic E-state index is 0.0397. The first kappa shape index (κ1) is 37.3. The maximum absolute atomic E-state index is 14.2. The molecule has 0 aromatic heterocycles. The molecule has 0 heterocycles. The lowest BCUT2D eigenvalue weighted by Crippen LogP contribution is -2.30. The molecule has 0 saturated heterocycles. The fourth-order valence-electron chi connectivity index (χ4n) is 6.31. The number of fused-ring (bicyclic) bond motifs is 2. The minimum Gasteiger partial charge on any atom is -0.378 e. The highest BCUT2D eigenvalue weighted by Crippen LogP contribution is 2.39. The number of carbonyl (C=O) groups excluding carboxylic acids is 5. The second-order valence-electron chi connectivity index (χ2n) is 13.2. The fraction of sp³-hybridized carbons (Fsp3) is 0.0652. The van der Waals surface area contributed by atoms with Crippen LogP contribution in [-0.2, 0) is 9.59 Å². The van der Waals surface area contributed by atoms with Gasteiger partial charge in [-0.3, -0.25) is 24.0 Å². The van der Waals surface area contributed by atoms with E-state index < -0.39 is 23.0 Å². The predicted octanol–water partition coefficient (Wildman–Crippen LogP) is 8.41. The van der Waals surface area contributed by atoms with Gasteiger partial charge in [0.25, 0.3) is 11.8 Å². The van der Waals surface area contributed by atoms with Crippen molar-refractivity contribution in [1.82, 2.24) is 5.32 Å². The van der Waals surface area contributed by atoms with Crippen molar-refractivity contribution in [2.75, 3.05) is 29.6 Å². The molecule has 1 aliphatic rings. The zero-order valence-corrected chi connectivity index (χ0v) is 31.3. The molecule has 7 rings (SSSR count). The van der Waals surface area contributed by atoms with Crippen LogP contribution < -0.4 is 20.9 Å². The Bertz CT molecular complexity index is 2500. The normalized spacial score (nSPS) is 12.5. The molecule has 9 nitrogen and oxygen atoms in total. The minimum atomic E-state index is -0.787. The van der Waals surface area contributed by atoms with Gasteiger partial charge in [-0.2, -0.15) is 0 Å². The lowest BCUT2D eigenvalue weighted by Gasteiger charge is -2.22. The van der Waals surface area contributed by atoms with Crippen LogP contribution >= 0.6 is 11.8 Å². The molecule has 0 saturated carbocycles. The molecule has 0 spiro atoms. The van der Waals surface area contributed by atoms with Crippen molar-refractivity contribution < 1.29 is 24.0 Å². The zero-order chi connectivity index (χ0) is 39.2. The molecular weight excluding hydrogens is 721 g/mol. The maximum Gasteiger partial charge on any atom is 0.272 e. The summed E-state index contributed by atoms with van der Waals surface area (Å²) in [5, 5.41) is 7.84. The maximum atomic E-state index is 14.2. The predicted molar refractivity (Wildman–Crippen MR) is 221 cm³/mol. The number of amides is 3. The van der Waals surface area contributed by atoms with E-state index >= 15 is 0 Å². The van der Waals surface area contributed by atoms with E-state index in [0.29, 0.717) is 38.4 Å². The summed E-state index contributed by atoms with van der Waals surface area (Å²) in [5.41, 5.74) is 4.54. The van der Waals surface area contributed by atoms with Crippen molar-refractivity contribution >= 4 is 64.2 Å². The smallest absolute Gasteiger partial charge is 0.272 e. The molecule has 0 radical (unpaired) electrons. The standard InChI is InChI=1S/C46H36N4O5S/c1-50(2)33-25-23-29(24-26-33)27-39(49-44(53)31-15-7-4-8-16-31)45(54)47-32-17-11-18-34(28-32)56-43(30-13-5-3-6-14-30)46(55)48-38-22-12-21-37-40(38)42(52)36-20-10-9-19-35(36)41(37)51/h3-28,43H,1-2H3,(H,47,54)(H,48,55)(H,49,53)/b39-27+. The molecule has 6 aromatic rings. The molecule has 56 heavy (non-hydrogen) atoms. The number of nitrogens with one attached hydrogen (secondary N) is 3. The summed E-state index contributed by atoms with van der Waals surface area (Å²) < 4.78 is 0. The van der Waals surface area contributed by atoms with Gasteiger partial charge in [-0.25, -0.2) is 0 Å². The summed E-state index contributed by atoms with van der Waals surface area (Å²) in [6.07, 6.45) is 1.61. The van der Waals surface area contributed by atoms with Gasteiger partial charge in [0.15, 0.2) is 11.6 Å². The molecule has 3 N–H and O–H groups in total. The first-order valence-corrected chi connectivity index (χ1v) is 18.6. The number of ketones is 2. The number of hydrogen-bond acceptors (Lipinski definition) is 7. The number of carbonyl (C=O) groups is 5. The molecule has 1 atom stereocenters. The summed E-state index contributed by atoms with van der Waals surface area (Å²) in [5.74, 6) is -2.00. The first-order valence-electron chi connectivity index (χ1n) is 17.8. The van der Waals surface area contributed by atoms with E-state index in [1.165, 1.54) is 11.8 Å². The SMILES string of the molecule is CN(C)c1ccc(/C=C(/NC(=O)c2ccccc2)C(=O)Nc2cccc(SC(C(=O)Nc3cccc4c3C(=O)c3ccccc3C4=O)c3ccccc3)c2)cc1. The third-order valence-electron chi connectivity index (χ3n) is 9.15. The van der Waals surface area contributed by atoms with Crippen molar-refractivity contribution in [3.63, 3.8) is 0 Å². The molecule has 0 aliphatic heterocycles. The van der Waals surface area contributed by atoms with E-state index in [1.54, 1.807) is 97.1 Å². The summed E-state index contributed by atoms with van der Waals surface area (Å²) in [6.45, 7) is 0. The highest BCUT2D eigenvalue weighted by atomic mass is 32.2. The summed E-state index contributed by atoms with van der Waals surface area (Å²) in [4.78, 5) is 70.9. The van der Waals surface area contributed by atoms with Crippen molar-refractivity contribution in [1.29, 1.82) is 0 Å². The molecule has 3 amide bonds. The second kappa shape index (κ2) is 16.5. The van der Waals surface area contributed by atoms with Crippen LogP contribution in [0.4, 0.5) is 17.1 Å². The molecule has 1 aliphatic carbocycles. The number of hydrogen-bond donors (Lipinski definition) is 3. The molecule has 276 valence electrons. The van der Waals surface area contributed by atoms with Crippen molar-refractivity contribution in [2.24, 2.45) is 0 Å². The summed E-state index contributed by atoms with van der Waals surface area (Å²) in [6, 6.07) is 44.0. The van der Waals surface area contributed by atoms with Gasteiger partial charge in [-0.1, -0.05) is 103 Å². The third-order valence-corrected chi connectivity index (χ3v) is 10.4. The molecule has 6 aromatic carbocycles. The Kier molecular flexibility index (Phi) is 11.0. The van der Waals surface area contributed by atoms with Crippen LogP contribution in [0.2, 0.25) is 0 Å². The van der Waals surface area contributed by atoms with Crippen LogP contribution in [0.1, 0.15) is 58.6 Å². The monoisotopic (exact) mass is 756 g/mol. The Morgan fingerprint density at radius 2 is 1.27 bits per heavy atom. The van der Waals surface area contributed by atoms with Gasteiger partial charge in [0.2, 0.25) is 5.91 Å². The molecular formula is C46H36N4O5S. The summed E-state index contributed by atoms with van der Waals surface area (Å²) >= 11 is 1.26. The van der Waals surface area contributed by atoms with Gasteiger partial charge >= 0.3 is 0 Å². The van der Waals surface area contributed by atoms with Crippen LogP contribution in [0, 0.1) is 0 Å². The van der Waals surface area contributed by atoms with Crippen LogP contribution in [-0.4, -0.2) is 43.4 Å². The van der Waals surface area contributed by atoms with Crippen LogP contribution in [0.25, 0.3) is 6.08 Å². The van der Waals surface area contributed by atoms with Gasteiger partial charge in [-0.15, -0.1) is 11.8 Å². The Labute approximate surface area is 328 Å². The first-order chi connectivity index (χ1) is 27.2. The van der Waals surface area contributed by atoms with Gasteiger partial charge < -0.3 is 20.9 Å². The highest BCUT2D eigenvalue weighted by Gasteiger charge is 2.33. The molecule has 0 fully saturated rings. The fourth-order valence-corrected chi connectivity index (χ4v) is 7.39. The van der Waals surface area contributed by atoms with E-state index in [4.69, 9.17) is 0 Å². The average Bonchev–Trinajstić information content (AvgIpc) is 3.22.